The van der Waals surface area contributed by atoms with Crippen molar-refractivity contribution >= 4 is 57.7 Å². The van der Waals surface area contributed by atoms with Crippen molar-refractivity contribution < 1.29 is 23.9 Å². The van der Waals surface area contributed by atoms with Crippen molar-refractivity contribution in [3.8, 4) is 0 Å². The predicted octanol–water partition coefficient (Wildman–Crippen LogP) is 3.14. The lowest BCUT2D eigenvalue weighted by Gasteiger charge is -2.31. The first-order valence-electron chi connectivity index (χ1n) is 16.7. The van der Waals surface area contributed by atoms with Crippen LogP contribution >= 0.6 is 23.1 Å². The summed E-state index contributed by atoms with van der Waals surface area (Å²) in [5, 5.41) is 12.2. The smallest absolute Gasteiger partial charge is 0.271 e. The molecule has 3 N–H and O–H groups in total. The van der Waals surface area contributed by atoms with Gasteiger partial charge in [0.15, 0.2) is 6.04 Å². The summed E-state index contributed by atoms with van der Waals surface area (Å²) >= 11 is 2.82. The molecule has 7 atom stereocenters. The molecule has 48 heavy (non-hydrogen) atoms. The average molecular weight is 694 g/mol. The number of carbonyl (C=O) groups is 4. The van der Waals surface area contributed by atoms with Crippen LogP contribution in [0.25, 0.3) is 0 Å². The minimum Gasteiger partial charge on any atom is -0.474 e. The van der Waals surface area contributed by atoms with Crippen LogP contribution in [0.1, 0.15) is 74.6 Å². The van der Waals surface area contributed by atoms with Crippen LogP contribution in [0.5, 0.6) is 0 Å². The molecule has 0 saturated carbocycles. The summed E-state index contributed by atoms with van der Waals surface area (Å²) in [6.45, 7) is 10.1. The van der Waals surface area contributed by atoms with Crippen molar-refractivity contribution in [3.63, 3.8) is 0 Å². The van der Waals surface area contributed by atoms with E-state index in [1.54, 1.807) is 12.3 Å². The number of fused-ring (bicyclic) bond motifs is 6. The van der Waals surface area contributed by atoms with E-state index in [-0.39, 0.29) is 41.3 Å². The molecule has 4 aliphatic heterocycles. The van der Waals surface area contributed by atoms with Gasteiger partial charge < -0.3 is 25.6 Å². The predicted molar refractivity (Wildman–Crippen MR) is 186 cm³/mol. The Hall–Kier alpha value is -3.78. The Morgan fingerprint density at radius 1 is 0.958 bits per heavy atom. The molecule has 6 rings (SSSR count). The topological polar surface area (TPSA) is 154 Å². The minimum absolute atomic E-state index is 0.00145. The van der Waals surface area contributed by atoms with Crippen molar-refractivity contribution in [3.05, 3.63) is 52.0 Å². The third-order valence-electron chi connectivity index (χ3n) is 9.18. The third-order valence-corrected chi connectivity index (χ3v) is 11.3. The first-order valence-corrected chi connectivity index (χ1v) is 18.5. The zero-order chi connectivity index (χ0) is 34.1. The zero-order valence-electron chi connectivity index (χ0n) is 27.8. The number of rotatable bonds is 4. The van der Waals surface area contributed by atoms with E-state index in [1.165, 1.54) is 23.1 Å². The van der Waals surface area contributed by atoms with E-state index in [9.17, 15) is 19.2 Å². The van der Waals surface area contributed by atoms with Crippen LogP contribution in [0.15, 0.2) is 45.7 Å². The molecule has 4 amide bonds. The quantitative estimate of drug-likeness (QED) is 0.445. The molecule has 4 aliphatic rings. The number of hydrogen-bond donors (Lipinski definition) is 3. The molecule has 7 unspecified atom stereocenters. The highest BCUT2D eigenvalue weighted by atomic mass is 32.2. The van der Waals surface area contributed by atoms with Gasteiger partial charge in [0.05, 0.1) is 17.1 Å². The summed E-state index contributed by atoms with van der Waals surface area (Å²) in [6, 6.07) is 6.01. The summed E-state index contributed by atoms with van der Waals surface area (Å²) < 4.78 is 6.16. The van der Waals surface area contributed by atoms with Gasteiger partial charge in [0.2, 0.25) is 23.6 Å². The number of thioether (sulfide) groups is 1. The molecule has 0 radical (unpaired) electrons. The van der Waals surface area contributed by atoms with Gasteiger partial charge in [-0.1, -0.05) is 58.0 Å². The van der Waals surface area contributed by atoms with Gasteiger partial charge in [0.1, 0.15) is 34.9 Å². The van der Waals surface area contributed by atoms with Gasteiger partial charge in [-0.15, -0.1) is 23.1 Å². The summed E-state index contributed by atoms with van der Waals surface area (Å²) in [6.07, 6.45) is 1.31. The fourth-order valence-electron chi connectivity index (χ4n) is 6.48. The summed E-state index contributed by atoms with van der Waals surface area (Å²) in [5.41, 5.74) is 1.17. The summed E-state index contributed by atoms with van der Waals surface area (Å²) in [7, 11) is 0. The fourth-order valence-corrected chi connectivity index (χ4v) is 8.69. The van der Waals surface area contributed by atoms with Gasteiger partial charge in [-0.25, -0.2) is 9.98 Å². The number of hydrogen-bond acceptors (Lipinski definition) is 10. The molecule has 1 aromatic heterocycles. The maximum absolute atomic E-state index is 14.1. The monoisotopic (exact) mass is 693 g/mol. The lowest BCUT2D eigenvalue weighted by Crippen LogP contribution is -2.55. The normalized spacial score (nSPS) is 29.8. The Kier molecular flexibility index (Phi) is 10.2. The second kappa shape index (κ2) is 14.4. The largest absolute Gasteiger partial charge is 0.474 e. The molecule has 256 valence electrons. The second-order valence-corrected chi connectivity index (χ2v) is 15.4. The first-order chi connectivity index (χ1) is 23.0. The summed E-state index contributed by atoms with van der Waals surface area (Å²) in [5.74, 6) is -0.692. The van der Waals surface area contributed by atoms with Crippen LogP contribution in [0, 0.1) is 11.8 Å². The van der Waals surface area contributed by atoms with Crippen LogP contribution in [0.4, 0.5) is 0 Å². The first kappa shape index (κ1) is 34.1. The second-order valence-electron chi connectivity index (χ2n) is 13.5. The number of thiazole rings is 1. The van der Waals surface area contributed by atoms with Crippen molar-refractivity contribution in [2.45, 2.75) is 96.2 Å². The van der Waals surface area contributed by atoms with E-state index in [4.69, 9.17) is 14.7 Å². The summed E-state index contributed by atoms with van der Waals surface area (Å²) in [4.78, 5) is 71.0. The maximum Gasteiger partial charge on any atom is 0.271 e. The average Bonchev–Trinajstić information content (AvgIpc) is 3.88. The molecule has 1 saturated heterocycles. The number of aromatic nitrogens is 1. The number of nitrogens with zero attached hydrogens (tertiary/aromatic N) is 4. The Labute approximate surface area is 289 Å². The van der Waals surface area contributed by atoms with Crippen molar-refractivity contribution in [1.82, 2.24) is 25.8 Å². The van der Waals surface area contributed by atoms with Crippen LogP contribution < -0.4 is 16.0 Å². The number of carbonyl (C=O) groups excluding carboxylic acids is 4. The van der Waals surface area contributed by atoms with Crippen LogP contribution in [-0.2, 0) is 25.5 Å². The Balaban J connectivity index is 1.37. The van der Waals surface area contributed by atoms with E-state index in [1.807, 2.05) is 62.9 Å². The minimum atomic E-state index is -0.905. The number of ether oxygens (including phenoxy) is 1. The molecule has 1 fully saturated rings. The van der Waals surface area contributed by atoms with E-state index in [2.05, 4.69) is 20.9 Å². The van der Waals surface area contributed by atoms with Crippen molar-refractivity contribution in [1.29, 1.82) is 0 Å². The van der Waals surface area contributed by atoms with Gasteiger partial charge in [0.25, 0.3) is 5.91 Å². The van der Waals surface area contributed by atoms with Gasteiger partial charge in [0, 0.05) is 24.1 Å². The van der Waals surface area contributed by atoms with Gasteiger partial charge >= 0.3 is 0 Å². The number of nitrogens with one attached hydrogen (secondary N) is 3. The number of amides is 4. The van der Waals surface area contributed by atoms with Crippen LogP contribution in [0.2, 0.25) is 0 Å². The Bertz CT molecular complexity index is 1610. The van der Waals surface area contributed by atoms with Gasteiger partial charge in [-0.2, -0.15) is 0 Å². The standard InChI is InChI=1S/C34H43N7O5S2/c1-17(2)25-33-37-22(16-48-33)28(42)35-21(14-20-10-7-6-8-11-20)31-40-27(19(5)46-31)30(44)39-26(18(3)4)34(45)41-13-9-12-24(41)32-36-23(15-47-32)29(43)38-25/h6-8,10-11,16-19,21,23-27H,9,12-15H2,1-5H3,(H,35,42)(H,38,43)(H,39,44). The van der Waals surface area contributed by atoms with Crippen molar-refractivity contribution in [2.24, 2.45) is 21.8 Å². The molecule has 5 heterocycles. The molecule has 6 bridgehead atoms. The van der Waals surface area contributed by atoms with E-state index in [0.717, 1.165) is 23.4 Å². The van der Waals surface area contributed by atoms with Gasteiger partial charge in [-0.3, -0.25) is 24.2 Å². The van der Waals surface area contributed by atoms with E-state index in [0.29, 0.717) is 23.7 Å². The highest BCUT2D eigenvalue weighted by molar-refractivity contribution is 8.14. The fraction of sp³-hybridized carbons (Fsp3) is 0.559. The maximum atomic E-state index is 14.1. The molecule has 1 aromatic carbocycles. The number of aliphatic imine (C=N–C) groups is 2. The van der Waals surface area contributed by atoms with Gasteiger partial charge in [-0.05, 0) is 37.2 Å². The SMILES string of the molecule is CC(C)C1NC(=O)C2N=C(OC2C)C(Cc2ccccc2)NC(=O)c2csc(n2)C(C(C)C)NC(=O)C2CSC(=N2)C2CCCN2C1=O. The van der Waals surface area contributed by atoms with Crippen molar-refractivity contribution in [2.75, 3.05) is 12.3 Å². The Morgan fingerprint density at radius 3 is 2.42 bits per heavy atom. The highest BCUT2D eigenvalue weighted by Gasteiger charge is 2.43. The zero-order valence-corrected chi connectivity index (χ0v) is 29.5. The molecule has 2 aromatic rings. The number of benzene rings is 1. The van der Waals surface area contributed by atoms with Crippen LogP contribution in [-0.4, -0.2) is 93.1 Å². The van der Waals surface area contributed by atoms with E-state index >= 15 is 0 Å². The molecule has 0 aliphatic carbocycles. The lowest BCUT2D eigenvalue weighted by atomic mass is 10.0. The Morgan fingerprint density at radius 2 is 1.69 bits per heavy atom. The third kappa shape index (κ3) is 7.14. The van der Waals surface area contributed by atoms with E-state index < -0.39 is 48.1 Å². The van der Waals surface area contributed by atoms with Crippen LogP contribution in [0.3, 0.4) is 0 Å². The molecule has 12 nitrogen and oxygen atoms in total. The molecular weight excluding hydrogens is 651 g/mol. The lowest BCUT2D eigenvalue weighted by molar-refractivity contribution is -0.138. The molecular formula is C34H43N7O5S2. The molecule has 0 spiro atoms. The molecule has 14 heteroatoms. The highest BCUT2D eigenvalue weighted by Crippen LogP contribution is 2.32.